The molecule has 1 unspecified atom stereocenters. The van der Waals surface area contributed by atoms with E-state index in [1.54, 1.807) is 44.2 Å². The molecule has 2 aromatic carbocycles. The number of anilines is 1. The summed E-state index contributed by atoms with van der Waals surface area (Å²) < 4.78 is 16.8. The third kappa shape index (κ3) is 3.27. The minimum absolute atomic E-state index is 0.0261. The highest BCUT2D eigenvalue weighted by atomic mass is 35.5. The van der Waals surface area contributed by atoms with Crippen LogP contribution in [0.25, 0.3) is 11.0 Å². The lowest BCUT2D eigenvalue weighted by atomic mass is 9.98. The van der Waals surface area contributed by atoms with Crippen LogP contribution in [0.4, 0.5) is 5.13 Å². The van der Waals surface area contributed by atoms with Gasteiger partial charge in [0, 0.05) is 5.02 Å². The zero-order valence-electron chi connectivity index (χ0n) is 18.1. The molecule has 8 nitrogen and oxygen atoms in total. The Bertz CT molecular complexity index is 1500. The molecule has 5 rings (SSSR count). The summed E-state index contributed by atoms with van der Waals surface area (Å²) in [5.74, 6) is 0.499. The lowest BCUT2D eigenvalue weighted by Gasteiger charge is -2.23. The molecule has 0 fully saturated rings. The summed E-state index contributed by atoms with van der Waals surface area (Å²) >= 11 is 7.54. The van der Waals surface area contributed by atoms with Crippen LogP contribution in [0.3, 0.4) is 0 Å². The highest BCUT2D eigenvalue weighted by Gasteiger charge is 2.45. The number of aryl methyl sites for hydroxylation is 2. The molecular formula is C23H18ClN3O5S. The fraction of sp³-hybridized carbons (Fsp3) is 0.217. The number of methoxy groups -OCH3 is 2. The van der Waals surface area contributed by atoms with E-state index in [1.807, 2.05) is 0 Å². The van der Waals surface area contributed by atoms with Gasteiger partial charge in [-0.05, 0) is 49.2 Å². The maximum atomic E-state index is 13.7. The van der Waals surface area contributed by atoms with Crippen LogP contribution in [0, 0.1) is 13.8 Å². The second-order valence-electron chi connectivity index (χ2n) is 7.57. The van der Waals surface area contributed by atoms with E-state index < -0.39 is 11.9 Å². The van der Waals surface area contributed by atoms with Gasteiger partial charge >= 0.3 is 0 Å². The van der Waals surface area contributed by atoms with Gasteiger partial charge in [-0.1, -0.05) is 29.0 Å². The molecule has 0 aliphatic carbocycles. The zero-order chi connectivity index (χ0) is 23.4. The number of hydrogen-bond acceptors (Lipinski definition) is 8. The Labute approximate surface area is 197 Å². The molecule has 0 bridgehead atoms. The zero-order valence-corrected chi connectivity index (χ0v) is 19.7. The van der Waals surface area contributed by atoms with Gasteiger partial charge in [-0.15, -0.1) is 10.2 Å². The summed E-state index contributed by atoms with van der Waals surface area (Å²) in [7, 11) is 3.06. The van der Waals surface area contributed by atoms with Crippen molar-refractivity contribution in [3.8, 4) is 11.5 Å². The lowest BCUT2D eigenvalue weighted by Crippen LogP contribution is -2.29. The summed E-state index contributed by atoms with van der Waals surface area (Å²) in [5.41, 5.74) is 1.57. The average molecular weight is 484 g/mol. The van der Waals surface area contributed by atoms with Gasteiger partial charge in [0.15, 0.2) is 16.9 Å². The third-order valence-electron chi connectivity index (χ3n) is 5.60. The molecule has 1 aliphatic rings. The fourth-order valence-corrected chi connectivity index (χ4v) is 4.89. The van der Waals surface area contributed by atoms with Crippen LogP contribution in [0.2, 0.25) is 5.02 Å². The number of ether oxygens (including phenoxy) is 2. The number of hydrogen-bond donors (Lipinski definition) is 0. The molecule has 0 saturated heterocycles. The average Bonchev–Trinajstić information content (AvgIpc) is 3.35. The van der Waals surface area contributed by atoms with Gasteiger partial charge in [0.1, 0.15) is 10.6 Å². The predicted octanol–water partition coefficient (Wildman–Crippen LogP) is 4.68. The first-order chi connectivity index (χ1) is 15.8. The Balaban J connectivity index is 1.82. The summed E-state index contributed by atoms with van der Waals surface area (Å²) in [4.78, 5) is 28.7. The summed E-state index contributed by atoms with van der Waals surface area (Å²) in [5, 5.41) is 10.0. The van der Waals surface area contributed by atoms with Crippen molar-refractivity contribution in [1.29, 1.82) is 0 Å². The molecule has 0 spiro atoms. The quantitative estimate of drug-likeness (QED) is 0.416. The van der Waals surface area contributed by atoms with Crippen molar-refractivity contribution in [3.05, 3.63) is 73.0 Å². The van der Waals surface area contributed by atoms with Crippen molar-refractivity contribution in [2.45, 2.75) is 19.9 Å². The van der Waals surface area contributed by atoms with Crippen molar-refractivity contribution in [2.24, 2.45) is 0 Å². The number of benzene rings is 2. The fourth-order valence-electron chi connectivity index (χ4n) is 4.01. The standard InChI is InChI=1S/C23H18ClN3O5S/c1-10-7-16-13(9-14(10)24)20(28)18-19(12-5-6-15(30-3)17(8-12)31-4)27(22(29)21(18)32-16)23-26-25-11(2)33-23/h5-9,19H,1-4H3. The number of carbonyl (C=O) groups is 1. The number of amides is 1. The van der Waals surface area contributed by atoms with Crippen LogP contribution < -0.4 is 19.8 Å². The van der Waals surface area contributed by atoms with Gasteiger partial charge in [0.2, 0.25) is 10.9 Å². The molecule has 3 heterocycles. The summed E-state index contributed by atoms with van der Waals surface area (Å²) in [6.07, 6.45) is 0. The van der Waals surface area contributed by atoms with E-state index in [4.69, 9.17) is 25.5 Å². The van der Waals surface area contributed by atoms with Crippen molar-refractivity contribution in [2.75, 3.05) is 19.1 Å². The second-order valence-corrected chi connectivity index (χ2v) is 9.13. The summed E-state index contributed by atoms with van der Waals surface area (Å²) in [6, 6.07) is 7.69. The first-order valence-corrected chi connectivity index (χ1v) is 11.2. The molecule has 1 atom stereocenters. The van der Waals surface area contributed by atoms with Crippen LogP contribution in [-0.2, 0) is 0 Å². The predicted molar refractivity (Wildman–Crippen MR) is 125 cm³/mol. The molecule has 4 aromatic rings. The second kappa shape index (κ2) is 7.86. The van der Waals surface area contributed by atoms with Crippen LogP contribution in [0.15, 0.2) is 39.5 Å². The molecule has 0 radical (unpaired) electrons. The third-order valence-corrected chi connectivity index (χ3v) is 6.84. The van der Waals surface area contributed by atoms with Crippen LogP contribution in [0.5, 0.6) is 11.5 Å². The van der Waals surface area contributed by atoms with E-state index in [1.165, 1.54) is 30.5 Å². The first-order valence-electron chi connectivity index (χ1n) is 9.96. The Kier molecular flexibility index (Phi) is 5.10. The van der Waals surface area contributed by atoms with Gasteiger partial charge in [-0.2, -0.15) is 0 Å². The van der Waals surface area contributed by atoms with Gasteiger partial charge in [0.25, 0.3) is 5.91 Å². The molecule has 2 aromatic heterocycles. The number of halogens is 1. The maximum Gasteiger partial charge on any atom is 0.297 e. The van der Waals surface area contributed by atoms with Gasteiger partial charge < -0.3 is 13.9 Å². The number of nitrogens with zero attached hydrogens (tertiary/aromatic N) is 3. The largest absolute Gasteiger partial charge is 0.493 e. The van der Waals surface area contributed by atoms with E-state index in [9.17, 15) is 9.59 Å². The molecular weight excluding hydrogens is 466 g/mol. The monoisotopic (exact) mass is 483 g/mol. The van der Waals surface area contributed by atoms with Gasteiger partial charge in [0.05, 0.1) is 31.2 Å². The Morgan fingerprint density at radius 2 is 1.82 bits per heavy atom. The van der Waals surface area contributed by atoms with Crippen molar-refractivity contribution in [1.82, 2.24) is 10.2 Å². The van der Waals surface area contributed by atoms with Crippen LogP contribution in [0.1, 0.15) is 38.3 Å². The molecule has 0 N–H and O–H groups in total. The van der Waals surface area contributed by atoms with Crippen molar-refractivity contribution in [3.63, 3.8) is 0 Å². The summed E-state index contributed by atoms with van der Waals surface area (Å²) in [6.45, 7) is 3.60. The number of rotatable bonds is 4. The van der Waals surface area contributed by atoms with Crippen LogP contribution in [-0.4, -0.2) is 30.3 Å². The first kappa shape index (κ1) is 21.4. The molecule has 1 aliphatic heterocycles. The highest BCUT2D eigenvalue weighted by molar-refractivity contribution is 7.15. The Hall–Kier alpha value is -3.43. The highest BCUT2D eigenvalue weighted by Crippen LogP contribution is 2.44. The number of fused-ring (bicyclic) bond motifs is 2. The molecule has 1 amide bonds. The molecule has 33 heavy (non-hydrogen) atoms. The molecule has 168 valence electrons. The van der Waals surface area contributed by atoms with E-state index in [0.717, 1.165) is 5.56 Å². The Morgan fingerprint density at radius 3 is 2.48 bits per heavy atom. The minimum atomic E-state index is -0.791. The topological polar surface area (TPSA) is 94.8 Å². The number of aromatic nitrogens is 2. The maximum absolute atomic E-state index is 13.7. The number of carbonyl (C=O) groups excluding carboxylic acids is 1. The van der Waals surface area contributed by atoms with Gasteiger partial charge in [-0.25, -0.2) is 0 Å². The molecule has 10 heteroatoms. The van der Waals surface area contributed by atoms with E-state index in [0.29, 0.717) is 43.2 Å². The van der Waals surface area contributed by atoms with E-state index in [-0.39, 0.29) is 16.8 Å². The lowest BCUT2D eigenvalue weighted by molar-refractivity contribution is 0.0970. The van der Waals surface area contributed by atoms with Crippen LogP contribution >= 0.6 is 22.9 Å². The van der Waals surface area contributed by atoms with Crippen molar-refractivity contribution >= 4 is 44.9 Å². The van der Waals surface area contributed by atoms with Crippen molar-refractivity contribution < 1.29 is 18.7 Å². The SMILES string of the molecule is COc1ccc(C2c3c(oc4cc(C)c(Cl)cc4c3=O)C(=O)N2c2nnc(C)s2)cc1OC. The smallest absolute Gasteiger partial charge is 0.297 e. The van der Waals surface area contributed by atoms with E-state index >= 15 is 0 Å². The minimum Gasteiger partial charge on any atom is -0.493 e. The normalized spacial score (nSPS) is 15.2. The van der Waals surface area contributed by atoms with E-state index in [2.05, 4.69) is 10.2 Å². The molecule has 0 saturated carbocycles. The van der Waals surface area contributed by atoms with Gasteiger partial charge in [-0.3, -0.25) is 14.5 Å². The Morgan fingerprint density at radius 1 is 1.06 bits per heavy atom.